The summed E-state index contributed by atoms with van der Waals surface area (Å²) in [6.45, 7) is 5.96. The number of hydrogen-bond donors (Lipinski definition) is 0. The van der Waals surface area contributed by atoms with Crippen LogP contribution in [0.2, 0.25) is 0 Å². The number of pyridine rings is 1. The van der Waals surface area contributed by atoms with E-state index in [-0.39, 0.29) is 5.75 Å². The second-order valence-corrected chi connectivity index (χ2v) is 8.51. The van der Waals surface area contributed by atoms with E-state index in [0.717, 1.165) is 40.0 Å². The van der Waals surface area contributed by atoms with Gasteiger partial charge >= 0.3 is 5.16 Å². The summed E-state index contributed by atoms with van der Waals surface area (Å²) in [6, 6.07) is 18.1. The van der Waals surface area contributed by atoms with Crippen LogP contribution in [0.15, 0.2) is 66.0 Å². The lowest BCUT2D eigenvalue weighted by Crippen LogP contribution is -2.15. The van der Waals surface area contributed by atoms with Crippen LogP contribution >= 0.6 is 0 Å². The quantitative estimate of drug-likeness (QED) is 0.411. The second kappa shape index (κ2) is 8.90. The van der Waals surface area contributed by atoms with E-state index < -0.39 is 11.2 Å². The highest BCUT2D eigenvalue weighted by molar-refractivity contribution is 7.90. The molecular formula is C24H24N3O2S. The standard InChI is InChI=1S/C24H24N3O2S/c1-17-15-25-21(18(2)23(17)29-3)16-30(28)24-26-20-11-7-8-12-22(20)27(24)14-13-19-9-5-4-6-10-19/h4-12,14-15H,13,16H2,1-3H3. The van der Waals surface area contributed by atoms with Crippen LogP contribution in [0.4, 0.5) is 0 Å². The summed E-state index contributed by atoms with van der Waals surface area (Å²) < 4.78 is 20.8. The van der Waals surface area contributed by atoms with Gasteiger partial charge in [0.15, 0.2) is 5.75 Å². The molecule has 0 aliphatic carbocycles. The summed E-state index contributed by atoms with van der Waals surface area (Å²) in [5.41, 5.74) is 5.61. The summed E-state index contributed by atoms with van der Waals surface area (Å²) in [7, 11) is 1.65. The summed E-state index contributed by atoms with van der Waals surface area (Å²) in [5, 5.41) is 0.535. The Morgan fingerprint density at radius 1 is 1.07 bits per heavy atom. The molecule has 5 nitrogen and oxygen atoms in total. The number of aryl methyl sites for hydroxylation is 1. The predicted octanol–water partition coefficient (Wildman–Crippen LogP) is 4.62. The lowest BCUT2D eigenvalue weighted by Gasteiger charge is -2.15. The first kappa shape index (κ1) is 20.4. The molecule has 4 aromatic rings. The van der Waals surface area contributed by atoms with Crippen molar-refractivity contribution in [2.24, 2.45) is 0 Å². The maximum absolute atomic E-state index is 13.4. The van der Waals surface area contributed by atoms with Crippen molar-refractivity contribution in [3.05, 3.63) is 89.7 Å². The number of ether oxygens (including phenoxy) is 1. The zero-order valence-electron chi connectivity index (χ0n) is 17.3. The van der Waals surface area contributed by atoms with Gasteiger partial charge in [0.25, 0.3) is 0 Å². The first-order valence-electron chi connectivity index (χ1n) is 9.80. The van der Waals surface area contributed by atoms with Crippen molar-refractivity contribution in [1.29, 1.82) is 0 Å². The van der Waals surface area contributed by atoms with Gasteiger partial charge in [-0.2, -0.15) is 4.98 Å². The molecule has 1 atom stereocenters. The molecular weight excluding hydrogens is 394 g/mol. The molecule has 0 amide bonds. The van der Waals surface area contributed by atoms with Gasteiger partial charge in [-0.15, -0.1) is 0 Å². The van der Waals surface area contributed by atoms with Gasteiger partial charge in [-0.3, -0.25) is 9.55 Å². The lowest BCUT2D eigenvalue weighted by molar-refractivity contribution is 0.407. The maximum atomic E-state index is 13.4. The fourth-order valence-electron chi connectivity index (χ4n) is 3.58. The van der Waals surface area contributed by atoms with Crippen LogP contribution in [0.1, 0.15) is 22.4 Å². The number of aromatic nitrogens is 3. The Hall–Kier alpha value is -2.83. The smallest absolute Gasteiger partial charge is 0.324 e. The Morgan fingerprint density at radius 2 is 1.80 bits per heavy atom. The Bertz CT molecular complexity index is 1160. The Balaban J connectivity index is 1.66. The van der Waals surface area contributed by atoms with E-state index in [1.807, 2.05) is 67.4 Å². The fourth-order valence-corrected chi connectivity index (χ4v) is 4.84. The topological polar surface area (TPSA) is 63.0 Å². The third kappa shape index (κ3) is 4.06. The Labute approximate surface area is 179 Å². The van der Waals surface area contributed by atoms with E-state index in [2.05, 4.69) is 22.1 Å². The van der Waals surface area contributed by atoms with Gasteiger partial charge in [-0.05, 0) is 38.0 Å². The van der Waals surface area contributed by atoms with E-state index in [9.17, 15) is 4.55 Å². The molecule has 4 rings (SSSR count). The summed E-state index contributed by atoms with van der Waals surface area (Å²) in [4.78, 5) is 9.19. The monoisotopic (exact) mass is 418 g/mol. The molecule has 153 valence electrons. The third-order valence-corrected chi connectivity index (χ3v) is 6.37. The second-order valence-electron chi connectivity index (χ2n) is 7.16. The Morgan fingerprint density at radius 3 is 2.57 bits per heavy atom. The summed E-state index contributed by atoms with van der Waals surface area (Å²) in [6.07, 6.45) is 2.49. The van der Waals surface area contributed by atoms with Gasteiger partial charge in [0.2, 0.25) is 0 Å². The van der Waals surface area contributed by atoms with Crippen LogP contribution in [-0.4, -0.2) is 26.2 Å². The molecule has 0 saturated heterocycles. The maximum Gasteiger partial charge on any atom is 0.324 e. The van der Waals surface area contributed by atoms with Crippen molar-refractivity contribution in [2.45, 2.75) is 31.2 Å². The molecule has 30 heavy (non-hydrogen) atoms. The van der Waals surface area contributed by atoms with E-state index in [4.69, 9.17) is 4.74 Å². The van der Waals surface area contributed by atoms with Crippen LogP contribution in [0.3, 0.4) is 0 Å². The zero-order chi connectivity index (χ0) is 21.1. The highest BCUT2D eigenvalue weighted by Crippen LogP contribution is 2.28. The number of fused-ring (bicyclic) bond motifs is 1. The van der Waals surface area contributed by atoms with Crippen LogP contribution in [-0.2, 0) is 23.3 Å². The number of nitrogens with zero attached hydrogens (tertiary/aromatic N) is 3. The molecule has 0 fully saturated rings. The van der Waals surface area contributed by atoms with E-state index in [1.54, 1.807) is 13.3 Å². The first-order chi connectivity index (χ1) is 14.6. The average molecular weight is 419 g/mol. The zero-order valence-corrected chi connectivity index (χ0v) is 18.1. The molecule has 0 bridgehead atoms. The van der Waals surface area contributed by atoms with Crippen molar-refractivity contribution < 1.29 is 9.29 Å². The van der Waals surface area contributed by atoms with Crippen LogP contribution < -0.4 is 4.74 Å². The molecule has 1 radical (unpaired) electrons. The van der Waals surface area contributed by atoms with Crippen molar-refractivity contribution in [1.82, 2.24) is 14.5 Å². The molecule has 0 aliphatic heterocycles. The number of methoxy groups -OCH3 is 1. The molecule has 6 heteroatoms. The SMILES string of the molecule is COc1c(C)cnc(C[S+]([O-])c2nc3ccccc3n2[CH]Cc2ccccc2)c1C. The van der Waals surface area contributed by atoms with Crippen molar-refractivity contribution in [2.75, 3.05) is 7.11 Å². The lowest BCUT2D eigenvalue weighted by atomic mass is 10.1. The molecule has 2 aromatic carbocycles. The number of imidazole rings is 1. The van der Waals surface area contributed by atoms with Gasteiger partial charge in [0.05, 0.1) is 30.4 Å². The van der Waals surface area contributed by atoms with Crippen molar-refractivity contribution >= 4 is 22.2 Å². The number of para-hydroxylation sites is 2. The van der Waals surface area contributed by atoms with Crippen LogP contribution in [0.5, 0.6) is 5.75 Å². The van der Waals surface area contributed by atoms with Crippen LogP contribution in [0, 0.1) is 20.4 Å². The van der Waals surface area contributed by atoms with Gasteiger partial charge in [-0.1, -0.05) is 42.5 Å². The van der Waals surface area contributed by atoms with Gasteiger partial charge in [0.1, 0.15) is 5.75 Å². The van der Waals surface area contributed by atoms with Gasteiger partial charge in [-0.25, -0.2) is 0 Å². The van der Waals surface area contributed by atoms with E-state index in [1.165, 1.54) is 5.56 Å². The normalized spacial score (nSPS) is 12.3. The van der Waals surface area contributed by atoms with Gasteiger partial charge in [0, 0.05) is 28.5 Å². The minimum atomic E-state index is -1.36. The molecule has 0 N–H and O–H groups in total. The molecule has 0 spiro atoms. The highest BCUT2D eigenvalue weighted by atomic mass is 32.2. The fraction of sp³-hybridized carbons (Fsp3) is 0.208. The van der Waals surface area contributed by atoms with Crippen LogP contribution in [0.25, 0.3) is 11.0 Å². The molecule has 0 saturated carbocycles. The number of benzene rings is 2. The summed E-state index contributed by atoms with van der Waals surface area (Å²) >= 11 is -1.36. The van der Waals surface area contributed by atoms with Crippen molar-refractivity contribution in [3.8, 4) is 5.75 Å². The number of rotatable bonds is 7. The third-order valence-electron chi connectivity index (χ3n) is 5.14. The summed E-state index contributed by atoms with van der Waals surface area (Å²) in [5.74, 6) is 1.08. The molecule has 2 aromatic heterocycles. The average Bonchev–Trinajstić information content (AvgIpc) is 3.14. The molecule has 1 unspecified atom stereocenters. The number of hydrogen-bond acceptors (Lipinski definition) is 4. The molecule has 0 aliphatic rings. The predicted molar refractivity (Wildman–Crippen MR) is 120 cm³/mol. The molecule has 2 heterocycles. The minimum Gasteiger partial charge on any atom is -0.609 e. The first-order valence-corrected chi connectivity index (χ1v) is 11.1. The van der Waals surface area contributed by atoms with E-state index >= 15 is 0 Å². The minimum absolute atomic E-state index is 0.283. The highest BCUT2D eigenvalue weighted by Gasteiger charge is 2.25. The van der Waals surface area contributed by atoms with Gasteiger partial charge < -0.3 is 9.29 Å². The Kier molecular flexibility index (Phi) is 6.06. The largest absolute Gasteiger partial charge is 0.609 e. The van der Waals surface area contributed by atoms with Crippen molar-refractivity contribution in [3.63, 3.8) is 0 Å². The van der Waals surface area contributed by atoms with E-state index in [0.29, 0.717) is 5.16 Å².